The van der Waals surface area contributed by atoms with Crippen LogP contribution in [-0.2, 0) is 24.2 Å². The summed E-state index contributed by atoms with van der Waals surface area (Å²) in [6, 6.07) is 33.0. The van der Waals surface area contributed by atoms with Crippen LogP contribution >= 0.6 is 0 Å². The molecule has 0 fully saturated rings. The van der Waals surface area contributed by atoms with E-state index in [4.69, 9.17) is 0 Å². The number of benzene rings is 4. The maximum Gasteiger partial charge on any atom is -0.109 e. The van der Waals surface area contributed by atoms with E-state index in [1.165, 1.54) is 82.4 Å². The molecular formula is C35H32Cl2Zr-2. The molecule has 0 saturated heterocycles. The van der Waals surface area contributed by atoms with Crippen LogP contribution in [0.2, 0.25) is 0 Å². The van der Waals surface area contributed by atoms with E-state index in [1.54, 1.807) is 0 Å². The minimum atomic E-state index is 0. The van der Waals surface area contributed by atoms with Gasteiger partial charge in [0.1, 0.15) is 0 Å². The molecule has 0 spiro atoms. The normalized spacial score (nSPS) is 11.1. The average molecular weight is 615 g/mol. The first-order chi connectivity index (χ1) is 17.4. The van der Waals surface area contributed by atoms with Gasteiger partial charge in [0.25, 0.3) is 0 Å². The average Bonchev–Trinajstić information content (AvgIpc) is 3.55. The zero-order valence-electron chi connectivity index (χ0n) is 22.4. The van der Waals surface area contributed by atoms with Crippen molar-refractivity contribution >= 4 is 24.8 Å². The van der Waals surface area contributed by atoms with Crippen molar-refractivity contribution in [2.75, 3.05) is 0 Å². The van der Waals surface area contributed by atoms with Gasteiger partial charge < -0.3 is 24.8 Å². The van der Waals surface area contributed by atoms with Crippen LogP contribution in [0, 0.1) is 33.8 Å². The van der Waals surface area contributed by atoms with Gasteiger partial charge in [-0.1, -0.05) is 35.4 Å². The van der Waals surface area contributed by atoms with Gasteiger partial charge in [-0.2, -0.15) is 6.08 Å². The van der Waals surface area contributed by atoms with Crippen molar-refractivity contribution in [1.29, 1.82) is 0 Å². The standard InChI is InChI=1S/C15H13.C15H14.C5H5.2ClH.Zr/c1-10-3-5-14-12(7-10)9-13-8-11(2)4-6-15(13)14;1-12-5-3-7-14(9-12)11-15-8-4-6-13(2)10-15;1-2-4-5-3-1;;;/h3-9H,1-2H3;3-10H,1-2H3;1-3H,4H2;2*1H;/q-1;;-1;;;+2/p-2. The molecule has 1 aliphatic carbocycles. The number of aryl methyl sites for hydroxylation is 4. The van der Waals surface area contributed by atoms with Crippen molar-refractivity contribution in [3.05, 3.63) is 149 Å². The maximum absolute atomic E-state index is 2.99. The van der Waals surface area contributed by atoms with Crippen molar-refractivity contribution in [2.24, 2.45) is 0 Å². The summed E-state index contributed by atoms with van der Waals surface area (Å²) in [5.41, 5.74) is 8.01. The Balaban J connectivity index is 0.000000216. The van der Waals surface area contributed by atoms with Crippen LogP contribution in [-0.4, -0.2) is 3.21 Å². The number of fused-ring (bicyclic) bond motifs is 3. The minimum Gasteiger partial charge on any atom is -1.00 e. The molecule has 1 aliphatic rings. The quantitative estimate of drug-likeness (QED) is 0.269. The monoisotopic (exact) mass is 612 g/mol. The molecule has 0 heterocycles. The first-order valence-corrected chi connectivity index (χ1v) is 13.6. The molecule has 192 valence electrons. The van der Waals surface area contributed by atoms with E-state index < -0.39 is 0 Å². The van der Waals surface area contributed by atoms with Crippen LogP contribution in [0.1, 0.15) is 39.8 Å². The fraction of sp³-hybridized carbons (Fsp3) is 0.143. The van der Waals surface area contributed by atoms with Gasteiger partial charge in [-0.05, 0) is 13.8 Å². The fourth-order valence-electron chi connectivity index (χ4n) is 4.37. The Morgan fingerprint density at radius 1 is 0.658 bits per heavy atom. The predicted octanol–water partition coefficient (Wildman–Crippen LogP) is 3.06. The van der Waals surface area contributed by atoms with Crippen molar-refractivity contribution in [3.8, 4) is 0 Å². The van der Waals surface area contributed by atoms with Crippen LogP contribution < -0.4 is 24.8 Å². The van der Waals surface area contributed by atoms with Gasteiger partial charge in [0.15, 0.2) is 0 Å². The maximum atomic E-state index is 2.99. The molecule has 0 radical (unpaired) electrons. The van der Waals surface area contributed by atoms with Gasteiger partial charge >= 0.3 is 112 Å². The predicted molar refractivity (Wildman–Crippen MR) is 154 cm³/mol. The molecule has 0 bridgehead atoms. The number of hydrogen-bond donors (Lipinski definition) is 0. The first kappa shape index (κ1) is 31.8. The Hall–Kier alpha value is -2.44. The Labute approximate surface area is 255 Å². The second-order valence-electron chi connectivity index (χ2n) is 9.44. The number of rotatable bonds is 2. The Kier molecular flexibility index (Phi) is 12.7. The number of allylic oxidation sites excluding steroid dienone is 4. The van der Waals surface area contributed by atoms with Crippen LogP contribution in [0.25, 0.3) is 21.5 Å². The summed E-state index contributed by atoms with van der Waals surface area (Å²) in [4.78, 5) is 0. The molecule has 0 aliphatic heterocycles. The zero-order valence-corrected chi connectivity index (χ0v) is 26.3. The summed E-state index contributed by atoms with van der Waals surface area (Å²) >= 11 is 1.47. The molecule has 5 aromatic carbocycles. The van der Waals surface area contributed by atoms with Crippen LogP contribution in [0.5, 0.6) is 0 Å². The van der Waals surface area contributed by atoms with Crippen LogP contribution in [0.4, 0.5) is 0 Å². The van der Waals surface area contributed by atoms with E-state index in [1.807, 2.05) is 12.2 Å². The van der Waals surface area contributed by atoms with Gasteiger partial charge in [0.2, 0.25) is 0 Å². The largest absolute Gasteiger partial charge is 1.00 e. The SMILES string of the molecule is Cc1ccc2c(c1)[cH-]c1cc(C)ccc12.Cc1cccc([C](=[Zr+2])c2cccc(C)c2)c1.[C-]1=CC=CC1.[Cl-].[Cl-]. The van der Waals surface area contributed by atoms with Gasteiger partial charge in [0, 0.05) is 0 Å². The second-order valence-corrected chi connectivity index (χ2v) is 10.7. The number of halogens is 2. The van der Waals surface area contributed by atoms with E-state index >= 15 is 0 Å². The Morgan fingerprint density at radius 3 is 1.50 bits per heavy atom. The molecule has 0 saturated carbocycles. The third-order valence-corrected chi connectivity index (χ3v) is 7.63. The molecule has 0 atom stereocenters. The molecule has 0 unspecified atom stereocenters. The summed E-state index contributed by atoms with van der Waals surface area (Å²) in [6.07, 6.45) is 10.0. The van der Waals surface area contributed by atoms with E-state index in [-0.39, 0.29) is 24.8 Å². The van der Waals surface area contributed by atoms with Crippen molar-refractivity contribution in [1.82, 2.24) is 0 Å². The number of hydrogen-bond acceptors (Lipinski definition) is 0. The van der Waals surface area contributed by atoms with Crippen molar-refractivity contribution in [2.45, 2.75) is 34.1 Å². The molecule has 5 aromatic rings. The summed E-state index contributed by atoms with van der Waals surface area (Å²) in [5.74, 6) is 0. The Bertz CT molecular complexity index is 1460. The third kappa shape index (κ3) is 8.54. The van der Waals surface area contributed by atoms with Gasteiger partial charge in [-0.25, -0.2) is 12.2 Å². The van der Waals surface area contributed by atoms with Crippen molar-refractivity contribution < 1.29 is 49.0 Å². The molecule has 6 rings (SSSR count). The molecule has 0 aromatic heterocycles. The van der Waals surface area contributed by atoms with Gasteiger partial charge in [-0.15, -0.1) is 46.2 Å². The molecule has 38 heavy (non-hydrogen) atoms. The topological polar surface area (TPSA) is 0 Å². The third-order valence-electron chi connectivity index (χ3n) is 6.21. The molecule has 0 N–H and O–H groups in total. The first-order valence-electron chi connectivity index (χ1n) is 12.4. The van der Waals surface area contributed by atoms with Crippen LogP contribution in [0.3, 0.4) is 0 Å². The summed E-state index contributed by atoms with van der Waals surface area (Å²) in [6.45, 7) is 8.57. The molecule has 0 amide bonds. The molecular weight excluding hydrogens is 583 g/mol. The van der Waals surface area contributed by atoms with E-state index in [9.17, 15) is 0 Å². The summed E-state index contributed by atoms with van der Waals surface area (Å²) in [7, 11) is 0. The van der Waals surface area contributed by atoms with E-state index in [0.717, 1.165) is 6.42 Å². The second kappa shape index (κ2) is 15.2. The van der Waals surface area contributed by atoms with E-state index in [0.29, 0.717) is 0 Å². The van der Waals surface area contributed by atoms with Gasteiger partial charge in [-0.3, -0.25) is 6.08 Å². The smallest absolute Gasteiger partial charge is 0.109 e. The summed E-state index contributed by atoms with van der Waals surface area (Å²) < 4.78 is 1.43. The minimum absolute atomic E-state index is 0. The molecule has 0 nitrogen and oxygen atoms in total. The van der Waals surface area contributed by atoms with Crippen LogP contribution in [0.15, 0.2) is 109 Å². The van der Waals surface area contributed by atoms with E-state index in [2.05, 4.69) is 131 Å². The Morgan fingerprint density at radius 2 is 1.13 bits per heavy atom. The van der Waals surface area contributed by atoms with Gasteiger partial charge in [0.05, 0.1) is 0 Å². The van der Waals surface area contributed by atoms with Crippen molar-refractivity contribution in [3.63, 3.8) is 0 Å². The fourth-order valence-corrected chi connectivity index (χ4v) is 5.13. The summed E-state index contributed by atoms with van der Waals surface area (Å²) in [5, 5.41) is 5.46. The molecule has 3 heteroatoms. The zero-order chi connectivity index (χ0) is 25.5.